The first-order valence-corrected chi connectivity index (χ1v) is 8.81. The molecule has 2 aliphatic heterocycles. The van der Waals surface area contributed by atoms with Gasteiger partial charge in [0.05, 0.1) is 12.6 Å². The molecular weight excluding hydrogens is 334 g/mol. The van der Waals surface area contributed by atoms with E-state index in [2.05, 4.69) is 0 Å². The van der Waals surface area contributed by atoms with E-state index in [1.165, 1.54) is 9.47 Å². The Morgan fingerprint density at radius 1 is 1.19 bits per heavy atom. The molecule has 0 N–H and O–H groups in total. The highest BCUT2D eigenvalue weighted by molar-refractivity contribution is 5.98. The van der Waals surface area contributed by atoms with Crippen molar-refractivity contribution in [2.24, 2.45) is 7.05 Å². The van der Waals surface area contributed by atoms with Crippen LogP contribution in [0.4, 0.5) is 0 Å². The number of ether oxygens (including phenoxy) is 1. The second-order valence-electron chi connectivity index (χ2n) is 6.81. The first kappa shape index (κ1) is 16.8. The number of hydrogen-bond donors (Lipinski definition) is 0. The second-order valence-corrected chi connectivity index (χ2v) is 6.81. The first-order chi connectivity index (χ1) is 12.6. The summed E-state index contributed by atoms with van der Waals surface area (Å²) in [4.78, 5) is 41.3. The Bertz CT molecular complexity index is 930. The van der Waals surface area contributed by atoms with Crippen molar-refractivity contribution >= 4 is 22.6 Å². The monoisotopic (exact) mass is 355 g/mol. The standard InChI is InChI=1S/C19H21N3O4/c1-20-16(10-13-4-2-3-5-15(13)18(20)24)19(25)21-7-8-22(17(23)11-21)14-6-9-26-12-14/h2-5,10,14H,6-9,11-12H2,1H3. The number of carbonyl (C=O) groups is 2. The molecule has 1 aromatic heterocycles. The fraction of sp³-hybridized carbons (Fsp3) is 0.421. The van der Waals surface area contributed by atoms with Crippen molar-refractivity contribution in [3.63, 3.8) is 0 Å². The molecule has 1 aromatic carbocycles. The van der Waals surface area contributed by atoms with Crippen LogP contribution in [0.5, 0.6) is 0 Å². The Morgan fingerprint density at radius 2 is 2.00 bits per heavy atom. The van der Waals surface area contributed by atoms with Gasteiger partial charge in [0.15, 0.2) is 0 Å². The fourth-order valence-electron chi connectivity index (χ4n) is 3.73. The maximum Gasteiger partial charge on any atom is 0.271 e. The van der Waals surface area contributed by atoms with E-state index in [0.717, 1.165) is 11.8 Å². The average molecular weight is 355 g/mol. The molecule has 1 atom stereocenters. The smallest absolute Gasteiger partial charge is 0.271 e. The third-order valence-corrected chi connectivity index (χ3v) is 5.26. The summed E-state index contributed by atoms with van der Waals surface area (Å²) in [7, 11) is 1.59. The van der Waals surface area contributed by atoms with Crippen LogP contribution in [0.1, 0.15) is 16.9 Å². The van der Waals surface area contributed by atoms with Gasteiger partial charge >= 0.3 is 0 Å². The van der Waals surface area contributed by atoms with Gasteiger partial charge in [-0.2, -0.15) is 0 Å². The number of pyridine rings is 1. The lowest BCUT2D eigenvalue weighted by Gasteiger charge is -2.37. The highest BCUT2D eigenvalue weighted by Crippen LogP contribution is 2.18. The molecule has 7 heteroatoms. The van der Waals surface area contributed by atoms with E-state index in [9.17, 15) is 14.4 Å². The third-order valence-electron chi connectivity index (χ3n) is 5.26. The Balaban J connectivity index is 1.59. The van der Waals surface area contributed by atoms with E-state index >= 15 is 0 Å². The van der Waals surface area contributed by atoms with Crippen LogP contribution < -0.4 is 5.56 Å². The number of hydrogen-bond acceptors (Lipinski definition) is 4. The van der Waals surface area contributed by atoms with Gasteiger partial charge in [-0.15, -0.1) is 0 Å². The maximum atomic E-state index is 13.0. The molecule has 26 heavy (non-hydrogen) atoms. The zero-order valence-corrected chi connectivity index (χ0v) is 14.7. The van der Waals surface area contributed by atoms with E-state index in [1.54, 1.807) is 25.2 Å². The summed E-state index contributed by atoms with van der Waals surface area (Å²) in [5.74, 6) is -0.350. The topological polar surface area (TPSA) is 71.9 Å². The SMILES string of the molecule is Cn1c(C(=O)N2CCN(C3CCOC3)C(=O)C2)cc2ccccc2c1=O. The zero-order chi connectivity index (χ0) is 18.3. The molecule has 0 spiro atoms. The summed E-state index contributed by atoms with van der Waals surface area (Å²) >= 11 is 0. The molecule has 0 saturated carbocycles. The quantitative estimate of drug-likeness (QED) is 0.791. The summed E-state index contributed by atoms with van der Waals surface area (Å²) < 4.78 is 6.73. The van der Waals surface area contributed by atoms with Crippen LogP contribution >= 0.6 is 0 Å². The molecule has 2 fully saturated rings. The summed E-state index contributed by atoms with van der Waals surface area (Å²) in [6.45, 7) is 2.24. The lowest BCUT2D eigenvalue weighted by Crippen LogP contribution is -2.56. The van der Waals surface area contributed by atoms with Gasteiger partial charge in [-0.1, -0.05) is 18.2 Å². The van der Waals surface area contributed by atoms with Gasteiger partial charge in [0.1, 0.15) is 12.2 Å². The Hall–Kier alpha value is -2.67. The van der Waals surface area contributed by atoms with Crippen molar-refractivity contribution in [3.05, 3.63) is 46.4 Å². The van der Waals surface area contributed by atoms with Gasteiger partial charge in [-0.3, -0.25) is 14.4 Å². The normalized spacial score (nSPS) is 20.8. The number of fused-ring (bicyclic) bond motifs is 1. The molecule has 0 radical (unpaired) electrons. The molecule has 2 aromatic rings. The predicted molar refractivity (Wildman–Crippen MR) is 96.0 cm³/mol. The van der Waals surface area contributed by atoms with Gasteiger partial charge < -0.3 is 19.1 Å². The number of carbonyl (C=O) groups excluding carboxylic acids is 2. The third kappa shape index (κ3) is 2.78. The van der Waals surface area contributed by atoms with Crippen LogP contribution in [-0.2, 0) is 16.6 Å². The minimum atomic E-state index is -0.286. The number of aromatic nitrogens is 1. The molecule has 3 heterocycles. The van der Waals surface area contributed by atoms with E-state index < -0.39 is 0 Å². The Morgan fingerprint density at radius 3 is 2.73 bits per heavy atom. The summed E-state index contributed by atoms with van der Waals surface area (Å²) in [6, 6.07) is 9.04. The van der Waals surface area contributed by atoms with Gasteiger partial charge in [-0.05, 0) is 23.9 Å². The van der Waals surface area contributed by atoms with Gasteiger partial charge in [0.25, 0.3) is 11.5 Å². The highest BCUT2D eigenvalue weighted by atomic mass is 16.5. The van der Waals surface area contributed by atoms with Crippen LogP contribution in [-0.4, -0.2) is 65.1 Å². The molecule has 2 saturated heterocycles. The predicted octanol–water partition coefficient (Wildman–Crippen LogP) is 0.612. The zero-order valence-electron chi connectivity index (χ0n) is 14.7. The fourth-order valence-corrected chi connectivity index (χ4v) is 3.73. The van der Waals surface area contributed by atoms with Crippen LogP contribution in [0.2, 0.25) is 0 Å². The van der Waals surface area contributed by atoms with Crippen LogP contribution in [0.3, 0.4) is 0 Å². The molecular formula is C19H21N3O4. The molecule has 2 aliphatic rings. The van der Waals surface area contributed by atoms with Crippen molar-refractivity contribution < 1.29 is 14.3 Å². The second kappa shape index (κ2) is 6.57. The lowest BCUT2D eigenvalue weighted by atomic mass is 10.1. The Labute approximate surface area is 150 Å². The number of benzene rings is 1. The molecule has 136 valence electrons. The van der Waals surface area contributed by atoms with Crippen molar-refractivity contribution in [1.82, 2.24) is 14.4 Å². The van der Waals surface area contributed by atoms with E-state index in [4.69, 9.17) is 4.74 Å². The minimum absolute atomic E-state index is 0.0380. The maximum absolute atomic E-state index is 13.0. The molecule has 2 amide bonds. The minimum Gasteiger partial charge on any atom is -0.379 e. The largest absolute Gasteiger partial charge is 0.379 e. The van der Waals surface area contributed by atoms with E-state index in [-0.39, 0.29) is 30.0 Å². The van der Waals surface area contributed by atoms with Crippen molar-refractivity contribution in [2.75, 3.05) is 32.8 Å². The first-order valence-electron chi connectivity index (χ1n) is 8.81. The molecule has 0 bridgehead atoms. The molecule has 0 aliphatic carbocycles. The highest BCUT2D eigenvalue weighted by Gasteiger charge is 2.34. The lowest BCUT2D eigenvalue weighted by molar-refractivity contribution is -0.137. The van der Waals surface area contributed by atoms with E-state index in [0.29, 0.717) is 37.4 Å². The number of rotatable bonds is 2. The van der Waals surface area contributed by atoms with Crippen LogP contribution in [0.25, 0.3) is 10.8 Å². The summed E-state index contributed by atoms with van der Waals surface area (Å²) in [5.41, 5.74) is 0.0960. The van der Waals surface area contributed by atoms with Crippen LogP contribution in [0, 0.1) is 0 Å². The van der Waals surface area contributed by atoms with Gasteiger partial charge in [-0.25, -0.2) is 0 Å². The van der Waals surface area contributed by atoms with Gasteiger partial charge in [0, 0.05) is 32.1 Å². The number of piperazine rings is 1. The summed E-state index contributed by atoms with van der Waals surface area (Å²) in [6.07, 6.45) is 0.846. The molecule has 4 rings (SSSR count). The average Bonchev–Trinajstić information content (AvgIpc) is 3.18. The Kier molecular flexibility index (Phi) is 4.24. The van der Waals surface area contributed by atoms with Crippen molar-refractivity contribution in [1.29, 1.82) is 0 Å². The molecule has 7 nitrogen and oxygen atoms in total. The molecule has 1 unspecified atom stereocenters. The summed E-state index contributed by atoms with van der Waals surface area (Å²) in [5, 5.41) is 1.31. The van der Waals surface area contributed by atoms with Gasteiger partial charge in [0.2, 0.25) is 5.91 Å². The van der Waals surface area contributed by atoms with Crippen molar-refractivity contribution in [3.8, 4) is 0 Å². The van der Waals surface area contributed by atoms with Crippen LogP contribution in [0.15, 0.2) is 35.1 Å². The number of amides is 2. The van der Waals surface area contributed by atoms with E-state index in [1.807, 2.05) is 17.0 Å². The van der Waals surface area contributed by atoms with Crippen molar-refractivity contribution in [2.45, 2.75) is 12.5 Å². The number of nitrogens with zero attached hydrogens (tertiary/aromatic N) is 3.